The smallest absolute Gasteiger partial charge is 0.196 e. The van der Waals surface area contributed by atoms with Gasteiger partial charge in [0.2, 0.25) is 0 Å². The minimum Gasteiger partial charge on any atom is -0.486 e. The topological polar surface area (TPSA) is 69.5 Å². The summed E-state index contributed by atoms with van der Waals surface area (Å²) >= 11 is 1.36. The number of fused-ring (bicyclic) bond motifs is 1. The third-order valence-corrected chi connectivity index (χ3v) is 5.30. The maximum absolute atomic E-state index is 12.6. The van der Waals surface area contributed by atoms with Crippen molar-refractivity contribution in [3.63, 3.8) is 0 Å². The second-order valence-electron chi connectivity index (χ2n) is 6.46. The van der Waals surface area contributed by atoms with Crippen molar-refractivity contribution >= 4 is 23.2 Å². The van der Waals surface area contributed by atoms with Gasteiger partial charge in [0.25, 0.3) is 0 Å². The number of aromatic nitrogens is 3. The van der Waals surface area contributed by atoms with Gasteiger partial charge in [-0.2, -0.15) is 0 Å². The lowest BCUT2D eigenvalue weighted by Crippen LogP contribution is -2.16. The van der Waals surface area contributed by atoms with Crippen molar-refractivity contribution in [1.29, 1.82) is 0 Å². The number of carbonyl (C=O) groups excluding carboxylic acids is 1. The van der Waals surface area contributed by atoms with E-state index in [1.807, 2.05) is 47.8 Å². The molecule has 3 aromatic rings. The molecule has 28 heavy (non-hydrogen) atoms. The first-order chi connectivity index (χ1) is 13.6. The molecule has 0 amide bonds. The van der Waals surface area contributed by atoms with E-state index in [4.69, 9.17) is 9.47 Å². The fourth-order valence-electron chi connectivity index (χ4n) is 2.84. The molecule has 1 aliphatic heterocycles. The number of ketones is 1. The molecule has 2 aromatic carbocycles. The number of carbonyl (C=O) groups is 1. The van der Waals surface area contributed by atoms with E-state index in [1.165, 1.54) is 11.8 Å². The first-order valence-corrected chi connectivity index (χ1v) is 9.84. The number of rotatable bonds is 6. The number of hydrogen-bond acceptors (Lipinski definition) is 7. The second-order valence-corrected chi connectivity index (χ2v) is 7.41. The molecule has 0 spiro atoms. The van der Waals surface area contributed by atoms with Crippen LogP contribution in [0.1, 0.15) is 10.4 Å². The Bertz CT molecular complexity index is 985. The first kappa shape index (κ1) is 18.4. The van der Waals surface area contributed by atoms with Crippen LogP contribution >= 0.6 is 11.8 Å². The van der Waals surface area contributed by atoms with E-state index in [-0.39, 0.29) is 11.5 Å². The summed E-state index contributed by atoms with van der Waals surface area (Å²) in [5, 5.41) is 8.82. The monoisotopic (exact) mass is 396 g/mol. The van der Waals surface area contributed by atoms with Crippen LogP contribution in [0.25, 0.3) is 5.69 Å². The van der Waals surface area contributed by atoms with Gasteiger partial charge in [-0.3, -0.25) is 9.36 Å². The Labute approximate surface area is 167 Å². The van der Waals surface area contributed by atoms with Gasteiger partial charge in [0, 0.05) is 31.0 Å². The third kappa shape index (κ3) is 3.82. The van der Waals surface area contributed by atoms with E-state index in [9.17, 15) is 4.79 Å². The van der Waals surface area contributed by atoms with Crippen molar-refractivity contribution in [3.05, 3.63) is 54.4 Å². The number of Topliss-reactive ketones (excluding diaryl/α,β-unsaturated/α-hetero) is 1. The zero-order chi connectivity index (χ0) is 19.5. The van der Waals surface area contributed by atoms with Crippen molar-refractivity contribution in [2.75, 3.05) is 38.0 Å². The van der Waals surface area contributed by atoms with E-state index in [1.54, 1.807) is 24.5 Å². The molecule has 8 heteroatoms. The normalized spacial score (nSPS) is 12.6. The van der Waals surface area contributed by atoms with Gasteiger partial charge in [-0.15, -0.1) is 10.2 Å². The molecule has 2 heterocycles. The molecule has 0 radical (unpaired) electrons. The molecule has 7 nitrogen and oxygen atoms in total. The Morgan fingerprint density at radius 3 is 2.61 bits per heavy atom. The van der Waals surface area contributed by atoms with Crippen LogP contribution in [-0.2, 0) is 0 Å². The predicted molar refractivity (Wildman–Crippen MR) is 108 cm³/mol. The second kappa shape index (κ2) is 7.93. The maximum atomic E-state index is 12.6. The summed E-state index contributed by atoms with van der Waals surface area (Å²) in [6.45, 7) is 1.02. The minimum absolute atomic E-state index is 0.000482. The molecule has 0 bridgehead atoms. The number of thioether (sulfide) groups is 1. The van der Waals surface area contributed by atoms with E-state index in [2.05, 4.69) is 10.2 Å². The van der Waals surface area contributed by atoms with Crippen LogP contribution in [0.2, 0.25) is 0 Å². The van der Waals surface area contributed by atoms with Gasteiger partial charge in [0.1, 0.15) is 19.5 Å². The number of hydrogen-bond donors (Lipinski definition) is 0. The Kier molecular flexibility index (Phi) is 5.21. The number of ether oxygens (including phenoxy) is 2. The Hall–Kier alpha value is -3.00. The molecule has 0 N–H and O–H groups in total. The molecule has 4 rings (SSSR count). The van der Waals surface area contributed by atoms with Gasteiger partial charge in [0.15, 0.2) is 22.4 Å². The van der Waals surface area contributed by atoms with Crippen LogP contribution < -0.4 is 14.4 Å². The third-order valence-electron chi connectivity index (χ3n) is 4.36. The van der Waals surface area contributed by atoms with Gasteiger partial charge in [0.05, 0.1) is 5.75 Å². The predicted octanol–water partition coefficient (Wildman–Crippen LogP) is 3.08. The fraction of sp³-hybridized carbons (Fsp3) is 0.250. The fourth-order valence-corrected chi connectivity index (χ4v) is 3.66. The first-order valence-electron chi connectivity index (χ1n) is 8.85. The zero-order valence-electron chi connectivity index (χ0n) is 15.7. The molecule has 144 valence electrons. The standard InChI is InChI=1S/C20H20N4O3S/c1-23(2)15-4-6-16(7-5-15)24-13-21-22-20(24)28-12-17(25)14-3-8-18-19(11-14)27-10-9-26-18/h3-8,11,13H,9-10,12H2,1-2H3. The van der Waals surface area contributed by atoms with Crippen molar-refractivity contribution < 1.29 is 14.3 Å². The number of anilines is 1. The average molecular weight is 396 g/mol. The molecule has 1 aliphatic rings. The van der Waals surface area contributed by atoms with Gasteiger partial charge in [-0.25, -0.2) is 0 Å². The largest absolute Gasteiger partial charge is 0.486 e. The van der Waals surface area contributed by atoms with Crippen LogP contribution in [0.4, 0.5) is 5.69 Å². The average Bonchev–Trinajstić information content (AvgIpc) is 3.20. The molecule has 0 aliphatic carbocycles. The summed E-state index contributed by atoms with van der Waals surface area (Å²) in [5.41, 5.74) is 2.66. The SMILES string of the molecule is CN(C)c1ccc(-n2cnnc2SCC(=O)c2ccc3c(c2)OCCO3)cc1. The molecule has 0 unspecified atom stereocenters. The van der Waals surface area contributed by atoms with Gasteiger partial charge in [-0.05, 0) is 42.5 Å². The van der Waals surface area contributed by atoms with E-state index >= 15 is 0 Å². The molecule has 1 aromatic heterocycles. The lowest BCUT2D eigenvalue weighted by molar-refractivity contribution is 0.102. The highest BCUT2D eigenvalue weighted by Crippen LogP contribution is 2.31. The number of benzene rings is 2. The summed E-state index contributed by atoms with van der Waals surface area (Å²) in [4.78, 5) is 14.7. The van der Waals surface area contributed by atoms with E-state index < -0.39 is 0 Å². The van der Waals surface area contributed by atoms with Crippen LogP contribution in [-0.4, -0.2) is 53.6 Å². The van der Waals surface area contributed by atoms with Crippen molar-refractivity contribution in [1.82, 2.24) is 14.8 Å². The highest BCUT2D eigenvalue weighted by atomic mass is 32.2. The van der Waals surface area contributed by atoms with Crippen LogP contribution in [0.15, 0.2) is 53.9 Å². The number of nitrogens with zero attached hydrogens (tertiary/aromatic N) is 4. The zero-order valence-corrected chi connectivity index (χ0v) is 16.5. The maximum Gasteiger partial charge on any atom is 0.196 e. The van der Waals surface area contributed by atoms with Crippen molar-refractivity contribution in [3.8, 4) is 17.2 Å². The Morgan fingerprint density at radius 2 is 1.86 bits per heavy atom. The molecular weight excluding hydrogens is 376 g/mol. The lowest BCUT2D eigenvalue weighted by atomic mass is 10.1. The highest BCUT2D eigenvalue weighted by molar-refractivity contribution is 7.99. The Morgan fingerprint density at radius 1 is 1.11 bits per heavy atom. The van der Waals surface area contributed by atoms with Crippen molar-refractivity contribution in [2.45, 2.75) is 5.16 Å². The quantitative estimate of drug-likeness (QED) is 0.468. The summed E-state index contributed by atoms with van der Waals surface area (Å²) in [6.07, 6.45) is 1.65. The van der Waals surface area contributed by atoms with Crippen molar-refractivity contribution in [2.24, 2.45) is 0 Å². The summed E-state index contributed by atoms with van der Waals surface area (Å²) in [6, 6.07) is 13.4. The van der Waals surface area contributed by atoms with Gasteiger partial charge >= 0.3 is 0 Å². The van der Waals surface area contributed by atoms with E-state index in [0.29, 0.717) is 35.4 Å². The summed E-state index contributed by atoms with van der Waals surface area (Å²) in [5.74, 6) is 1.55. The summed E-state index contributed by atoms with van der Waals surface area (Å²) < 4.78 is 12.9. The molecular formula is C20H20N4O3S. The van der Waals surface area contributed by atoms with Crippen LogP contribution in [0, 0.1) is 0 Å². The molecule has 0 atom stereocenters. The molecule has 0 saturated carbocycles. The molecule has 0 fully saturated rings. The minimum atomic E-state index is -0.000482. The highest BCUT2D eigenvalue weighted by Gasteiger charge is 2.16. The van der Waals surface area contributed by atoms with Crippen LogP contribution in [0.3, 0.4) is 0 Å². The van der Waals surface area contributed by atoms with Crippen LogP contribution in [0.5, 0.6) is 11.5 Å². The van der Waals surface area contributed by atoms with Gasteiger partial charge < -0.3 is 14.4 Å². The molecule has 0 saturated heterocycles. The van der Waals surface area contributed by atoms with Gasteiger partial charge in [-0.1, -0.05) is 11.8 Å². The lowest BCUT2D eigenvalue weighted by Gasteiger charge is -2.18. The summed E-state index contributed by atoms with van der Waals surface area (Å²) in [7, 11) is 4.00. The Balaban J connectivity index is 1.46. The van der Waals surface area contributed by atoms with E-state index in [0.717, 1.165) is 11.4 Å².